The highest BCUT2D eigenvalue weighted by Crippen LogP contribution is 2.32. The van der Waals surface area contributed by atoms with Gasteiger partial charge in [-0.05, 0) is 29.7 Å². The first-order chi connectivity index (χ1) is 12.2. The number of amides is 2. The molecule has 126 valence electrons. The molecule has 2 aromatic rings. The van der Waals surface area contributed by atoms with Crippen molar-refractivity contribution < 1.29 is 9.59 Å². The van der Waals surface area contributed by atoms with Crippen molar-refractivity contribution in [3.05, 3.63) is 65.7 Å². The van der Waals surface area contributed by atoms with Crippen LogP contribution < -0.4 is 4.90 Å². The molecule has 0 spiro atoms. The minimum absolute atomic E-state index is 0.264. The topological polar surface area (TPSA) is 65.3 Å². The lowest BCUT2D eigenvalue weighted by Gasteiger charge is -2.20. The summed E-state index contributed by atoms with van der Waals surface area (Å²) in [6.45, 7) is 2.51. The molecule has 2 aliphatic heterocycles. The lowest BCUT2D eigenvalue weighted by atomic mass is 10.1. The van der Waals surface area contributed by atoms with Gasteiger partial charge in [-0.1, -0.05) is 54.6 Å². The second kappa shape index (κ2) is 6.12. The van der Waals surface area contributed by atoms with Crippen molar-refractivity contribution in [2.45, 2.75) is 32.0 Å². The smallest absolute Gasteiger partial charge is 0.263 e. The maximum atomic E-state index is 12.9. The Morgan fingerprint density at radius 3 is 2.32 bits per heavy atom. The minimum atomic E-state index is -0.748. The lowest BCUT2D eigenvalue weighted by Crippen LogP contribution is -2.39. The molecule has 1 saturated heterocycles. The zero-order valence-corrected chi connectivity index (χ0v) is 13.9. The molecule has 2 heterocycles. The van der Waals surface area contributed by atoms with E-state index in [1.165, 1.54) is 4.90 Å². The van der Waals surface area contributed by atoms with Gasteiger partial charge in [0.15, 0.2) is 12.1 Å². The normalized spacial score (nSPS) is 22.0. The van der Waals surface area contributed by atoms with E-state index in [2.05, 4.69) is 17.3 Å². The van der Waals surface area contributed by atoms with Crippen LogP contribution in [0.1, 0.15) is 18.1 Å². The van der Waals surface area contributed by atoms with Crippen LogP contribution >= 0.6 is 0 Å². The average molecular weight is 334 g/mol. The van der Waals surface area contributed by atoms with E-state index in [0.29, 0.717) is 12.2 Å². The Hall–Kier alpha value is -3.02. The van der Waals surface area contributed by atoms with E-state index in [-0.39, 0.29) is 11.8 Å². The molecule has 6 nitrogen and oxygen atoms in total. The fourth-order valence-corrected chi connectivity index (χ4v) is 3.26. The summed E-state index contributed by atoms with van der Waals surface area (Å²) in [5.41, 5.74) is 2.78. The Morgan fingerprint density at radius 1 is 0.920 bits per heavy atom. The second-order valence-electron chi connectivity index (χ2n) is 6.21. The molecule has 0 unspecified atom stereocenters. The number of carbonyl (C=O) groups excluding carboxylic acids is 2. The number of hydrogen-bond acceptors (Lipinski definition) is 5. The summed E-state index contributed by atoms with van der Waals surface area (Å²) in [6, 6.07) is 15.8. The molecule has 0 radical (unpaired) electrons. The highest BCUT2D eigenvalue weighted by atomic mass is 16.2. The molecule has 2 aromatic carbocycles. The van der Waals surface area contributed by atoms with Crippen LogP contribution in [-0.4, -0.2) is 28.9 Å². The fraction of sp³-hybridized carbons (Fsp3) is 0.263. The number of hydrogen-bond donors (Lipinski definition) is 0. The molecule has 2 amide bonds. The predicted octanol–water partition coefficient (Wildman–Crippen LogP) is 2.74. The van der Waals surface area contributed by atoms with Gasteiger partial charge in [-0.25, -0.2) is 4.90 Å². The summed E-state index contributed by atoms with van der Waals surface area (Å²) < 4.78 is 0. The van der Waals surface area contributed by atoms with Gasteiger partial charge < -0.3 is 0 Å². The van der Waals surface area contributed by atoms with E-state index >= 15 is 0 Å². The fourth-order valence-electron chi connectivity index (χ4n) is 3.26. The molecular weight excluding hydrogens is 316 g/mol. The van der Waals surface area contributed by atoms with Crippen molar-refractivity contribution in [1.29, 1.82) is 0 Å². The zero-order valence-electron chi connectivity index (χ0n) is 13.9. The molecular formula is C19H18N4O2. The average Bonchev–Trinajstić information content (AvgIpc) is 3.16. The Labute approximate surface area is 145 Å². The van der Waals surface area contributed by atoms with Gasteiger partial charge in [0, 0.05) is 0 Å². The Bertz CT molecular complexity index is 832. The van der Waals surface area contributed by atoms with Crippen LogP contribution in [0.2, 0.25) is 0 Å². The first-order valence-electron chi connectivity index (χ1n) is 8.37. The molecule has 1 fully saturated rings. The summed E-state index contributed by atoms with van der Waals surface area (Å²) in [4.78, 5) is 26.8. The molecule has 0 bridgehead atoms. The Morgan fingerprint density at radius 2 is 1.64 bits per heavy atom. The monoisotopic (exact) mass is 334 g/mol. The van der Waals surface area contributed by atoms with Crippen molar-refractivity contribution >= 4 is 17.5 Å². The molecule has 0 aromatic heterocycles. The van der Waals surface area contributed by atoms with Gasteiger partial charge in [-0.15, -0.1) is 0 Å². The van der Waals surface area contributed by atoms with E-state index in [4.69, 9.17) is 0 Å². The van der Waals surface area contributed by atoms with Gasteiger partial charge >= 0.3 is 0 Å². The quantitative estimate of drug-likeness (QED) is 0.808. The zero-order chi connectivity index (χ0) is 17.4. The lowest BCUT2D eigenvalue weighted by molar-refractivity contribution is -0.123. The third-order valence-corrected chi connectivity index (χ3v) is 4.65. The Balaban J connectivity index is 1.59. The standard InChI is InChI=1S/C19H18N4O2/c1-2-13-8-10-15(11-9-13)23-18(24)16-17(19(23)25)22(21-20-16)12-14-6-4-3-5-7-14/h3-11,16-17H,2,12H2,1H3/t16-,17-/m0/s1. The van der Waals surface area contributed by atoms with Crippen molar-refractivity contribution in [3.8, 4) is 0 Å². The van der Waals surface area contributed by atoms with Crippen LogP contribution in [0, 0.1) is 0 Å². The van der Waals surface area contributed by atoms with Gasteiger partial charge in [0.05, 0.1) is 12.2 Å². The number of rotatable bonds is 4. The number of carbonyl (C=O) groups is 2. The maximum Gasteiger partial charge on any atom is 0.263 e. The number of benzene rings is 2. The number of aryl methyl sites for hydroxylation is 1. The van der Waals surface area contributed by atoms with E-state index in [1.54, 1.807) is 5.01 Å². The first kappa shape index (κ1) is 15.5. The predicted molar refractivity (Wildman–Crippen MR) is 92.7 cm³/mol. The van der Waals surface area contributed by atoms with Crippen LogP contribution in [0.4, 0.5) is 5.69 Å². The largest absolute Gasteiger partial charge is 0.271 e. The van der Waals surface area contributed by atoms with Crippen LogP contribution in [0.15, 0.2) is 64.9 Å². The molecule has 0 N–H and O–H groups in total. The van der Waals surface area contributed by atoms with Crippen LogP contribution in [-0.2, 0) is 22.6 Å². The van der Waals surface area contributed by atoms with Crippen molar-refractivity contribution in [3.63, 3.8) is 0 Å². The third-order valence-electron chi connectivity index (χ3n) is 4.65. The second-order valence-corrected chi connectivity index (χ2v) is 6.21. The van der Waals surface area contributed by atoms with E-state index in [0.717, 1.165) is 17.5 Å². The van der Waals surface area contributed by atoms with Gasteiger partial charge in [0.1, 0.15) is 0 Å². The molecule has 0 aliphatic carbocycles. The van der Waals surface area contributed by atoms with Gasteiger partial charge in [0.25, 0.3) is 11.8 Å². The number of imide groups is 1. The molecule has 0 saturated carbocycles. The van der Waals surface area contributed by atoms with Crippen LogP contribution in [0.25, 0.3) is 0 Å². The van der Waals surface area contributed by atoms with Gasteiger partial charge in [0.2, 0.25) is 0 Å². The first-order valence-corrected chi connectivity index (χ1v) is 8.37. The van der Waals surface area contributed by atoms with Crippen molar-refractivity contribution in [2.24, 2.45) is 10.3 Å². The highest BCUT2D eigenvalue weighted by molar-refractivity contribution is 6.25. The summed E-state index contributed by atoms with van der Waals surface area (Å²) in [5.74, 6) is -0.571. The maximum absolute atomic E-state index is 12.9. The van der Waals surface area contributed by atoms with Crippen molar-refractivity contribution in [1.82, 2.24) is 5.01 Å². The third kappa shape index (κ3) is 2.59. The minimum Gasteiger partial charge on any atom is -0.271 e. The van der Waals surface area contributed by atoms with E-state index < -0.39 is 12.1 Å². The summed E-state index contributed by atoms with van der Waals surface area (Å²) in [7, 11) is 0. The van der Waals surface area contributed by atoms with Crippen molar-refractivity contribution in [2.75, 3.05) is 4.90 Å². The number of nitrogens with zero attached hydrogens (tertiary/aromatic N) is 4. The molecule has 25 heavy (non-hydrogen) atoms. The van der Waals surface area contributed by atoms with Gasteiger partial charge in [-0.2, -0.15) is 5.11 Å². The van der Waals surface area contributed by atoms with E-state index in [9.17, 15) is 9.59 Å². The van der Waals surface area contributed by atoms with Gasteiger partial charge in [-0.3, -0.25) is 14.6 Å². The van der Waals surface area contributed by atoms with E-state index in [1.807, 2.05) is 54.6 Å². The summed E-state index contributed by atoms with van der Waals surface area (Å²) in [6.07, 6.45) is 0.909. The Kier molecular flexibility index (Phi) is 3.80. The summed E-state index contributed by atoms with van der Waals surface area (Å²) in [5, 5.41) is 9.73. The molecule has 2 aliphatic rings. The highest BCUT2D eigenvalue weighted by Gasteiger charge is 2.54. The summed E-state index contributed by atoms with van der Waals surface area (Å²) >= 11 is 0. The molecule has 6 heteroatoms. The number of fused-ring (bicyclic) bond motifs is 1. The van der Waals surface area contributed by atoms with Crippen LogP contribution in [0.3, 0.4) is 0 Å². The number of anilines is 1. The SMILES string of the molecule is CCc1ccc(N2C(=O)[C@H]3N=NN(Cc4ccccc4)[C@@H]3C2=O)cc1. The molecule has 2 atom stereocenters. The van der Waals surface area contributed by atoms with Crippen LogP contribution in [0.5, 0.6) is 0 Å². The molecule has 4 rings (SSSR count).